The molecule has 0 aliphatic carbocycles. The molecule has 0 saturated heterocycles. The molecule has 0 spiro atoms. The molecular weight excluding hydrogens is 265 g/mol. The van der Waals surface area contributed by atoms with Gasteiger partial charge in [-0.1, -0.05) is 11.6 Å². The Balaban J connectivity index is 3.47. The minimum Gasteiger partial charge on any atom is -0.464 e. The monoisotopic (exact) mass is 269 g/mol. The number of hydrogen-bond acceptors (Lipinski definition) is 5. The predicted octanol–water partition coefficient (Wildman–Crippen LogP) is 1.45. The molecule has 0 saturated carbocycles. The van der Waals surface area contributed by atoms with Crippen molar-refractivity contribution >= 4 is 37.3 Å². The van der Waals surface area contributed by atoms with E-state index in [4.69, 9.17) is 22.3 Å². The van der Waals surface area contributed by atoms with Gasteiger partial charge in [0, 0.05) is 10.7 Å². The number of aromatic nitrogens is 1. The minimum atomic E-state index is -4.06. The molecule has 15 heavy (non-hydrogen) atoms. The zero-order valence-corrected chi connectivity index (χ0v) is 9.73. The van der Waals surface area contributed by atoms with Crippen LogP contribution >= 0.6 is 22.3 Å². The molecule has 0 radical (unpaired) electrons. The number of halogens is 2. The van der Waals surface area contributed by atoms with E-state index in [9.17, 15) is 13.2 Å². The van der Waals surface area contributed by atoms with E-state index in [0.717, 1.165) is 13.2 Å². The Labute approximate surface area is 95.4 Å². The number of methoxy groups -OCH3 is 1. The van der Waals surface area contributed by atoms with Gasteiger partial charge in [0.05, 0.1) is 7.11 Å². The number of rotatable bonds is 2. The van der Waals surface area contributed by atoms with Crippen LogP contribution < -0.4 is 0 Å². The molecule has 0 fully saturated rings. The van der Waals surface area contributed by atoms with E-state index in [1.54, 1.807) is 0 Å². The van der Waals surface area contributed by atoms with Crippen molar-refractivity contribution in [2.24, 2.45) is 0 Å². The summed E-state index contributed by atoms with van der Waals surface area (Å²) in [6.45, 7) is 0. The summed E-state index contributed by atoms with van der Waals surface area (Å²) in [5.41, 5.74) is -0.431. The molecule has 1 aromatic heterocycles. The van der Waals surface area contributed by atoms with Crippen molar-refractivity contribution < 1.29 is 17.9 Å². The molecular formula is C7H5Cl2NO4S. The molecule has 0 aliphatic rings. The molecule has 5 nitrogen and oxygen atoms in total. The average Bonchev–Trinajstić information content (AvgIpc) is 2.14. The molecule has 1 aromatic rings. The molecule has 0 bridgehead atoms. The highest BCUT2D eigenvalue weighted by Gasteiger charge is 2.23. The number of carbonyl (C=O) groups is 1. The molecule has 0 unspecified atom stereocenters. The van der Waals surface area contributed by atoms with Crippen LogP contribution in [0.4, 0.5) is 0 Å². The second-order valence-electron chi connectivity index (χ2n) is 2.41. The summed E-state index contributed by atoms with van der Waals surface area (Å²) in [4.78, 5) is 14.3. The second-order valence-corrected chi connectivity index (χ2v) is 5.33. The molecule has 82 valence electrons. The summed E-state index contributed by atoms with van der Waals surface area (Å²) in [7, 11) is 2.14. The highest BCUT2D eigenvalue weighted by atomic mass is 35.7. The van der Waals surface area contributed by atoms with E-state index in [1.807, 2.05) is 0 Å². The lowest BCUT2D eigenvalue weighted by atomic mass is 10.3. The van der Waals surface area contributed by atoms with Crippen molar-refractivity contribution in [3.05, 3.63) is 23.0 Å². The van der Waals surface area contributed by atoms with Crippen LogP contribution in [-0.4, -0.2) is 26.5 Å². The van der Waals surface area contributed by atoms with Crippen LogP contribution in [0.15, 0.2) is 17.0 Å². The highest BCUT2D eigenvalue weighted by molar-refractivity contribution is 8.13. The van der Waals surface area contributed by atoms with Gasteiger partial charge in [-0.05, 0) is 12.1 Å². The maximum atomic E-state index is 11.2. The van der Waals surface area contributed by atoms with Crippen molar-refractivity contribution in [1.82, 2.24) is 4.98 Å². The van der Waals surface area contributed by atoms with Crippen LogP contribution in [0, 0.1) is 0 Å². The number of ether oxygens (including phenoxy) is 1. The number of nitrogens with zero attached hydrogens (tertiary/aromatic N) is 1. The van der Waals surface area contributed by atoms with E-state index in [0.29, 0.717) is 0 Å². The Hall–Kier alpha value is -0.850. The maximum Gasteiger partial charge on any atom is 0.358 e. The summed E-state index contributed by atoms with van der Waals surface area (Å²) in [5.74, 6) is -0.920. The van der Waals surface area contributed by atoms with E-state index >= 15 is 0 Å². The minimum absolute atomic E-state index is 0.0283. The van der Waals surface area contributed by atoms with Gasteiger partial charge in [0.2, 0.25) is 0 Å². The third-order valence-corrected chi connectivity index (χ3v) is 3.03. The molecule has 1 heterocycles. The summed E-state index contributed by atoms with van der Waals surface area (Å²) < 4.78 is 26.5. The first-order valence-electron chi connectivity index (χ1n) is 3.56. The lowest BCUT2D eigenvalue weighted by Crippen LogP contribution is -2.10. The first-order valence-corrected chi connectivity index (χ1v) is 6.24. The van der Waals surface area contributed by atoms with Crippen molar-refractivity contribution in [1.29, 1.82) is 0 Å². The summed E-state index contributed by atoms with van der Waals surface area (Å²) >= 11 is 5.51. The Morgan fingerprint density at radius 1 is 1.47 bits per heavy atom. The average molecular weight is 270 g/mol. The van der Waals surface area contributed by atoms with Crippen molar-refractivity contribution in [3.63, 3.8) is 0 Å². The van der Waals surface area contributed by atoms with Crippen LogP contribution in [0.25, 0.3) is 0 Å². The maximum absolute atomic E-state index is 11.2. The van der Waals surface area contributed by atoms with Gasteiger partial charge in [-0.2, -0.15) is 0 Å². The zero-order chi connectivity index (χ0) is 11.6. The van der Waals surface area contributed by atoms with Gasteiger partial charge < -0.3 is 4.74 Å². The third kappa shape index (κ3) is 2.80. The summed E-state index contributed by atoms with van der Waals surface area (Å²) in [5, 5.41) is -0.0283. The van der Waals surface area contributed by atoms with E-state index in [2.05, 4.69) is 9.72 Å². The highest BCUT2D eigenvalue weighted by Crippen LogP contribution is 2.21. The van der Waals surface area contributed by atoms with Crippen molar-refractivity contribution in [2.75, 3.05) is 7.11 Å². The van der Waals surface area contributed by atoms with Gasteiger partial charge in [0.1, 0.15) is 10.0 Å². The van der Waals surface area contributed by atoms with Gasteiger partial charge in [-0.25, -0.2) is 18.2 Å². The number of hydrogen-bond donors (Lipinski definition) is 0. The fourth-order valence-corrected chi connectivity index (χ4v) is 1.97. The third-order valence-electron chi connectivity index (χ3n) is 1.47. The Bertz CT molecular complexity index is 500. The van der Waals surface area contributed by atoms with Gasteiger partial charge in [0.25, 0.3) is 9.05 Å². The number of carbonyl (C=O) groups excluding carboxylic acids is 1. The summed E-state index contributed by atoms with van der Waals surface area (Å²) in [6.07, 6.45) is 0. The van der Waals surface area contributed by atoms with Crippen LogP contribution in [0.5, 0.6) is 0 Å². The van der Waals surface area contributed by atoms with E-state index < -0.39 is 25.6 Å². The number of esters is 1. The van der Waals surface area contributed by atoms with E-state index in [1.165, 1.54) is 6.07 Å². The standard InChI is InChI=1S/C7H5Cl2NO4S/c1-14-7(11)6-4(15(9,12)13)2-3-5(8)10-6/h2-3H,1H3. The summed E-state index contributed by atoms with van der Waals surface area (Å²) in [6, 6.07) is 2.30. The quantitative estimate of drug-likeness (QED) is 0.462. The van der Waals surface area contributed by atoms with Crippen molar-refractivity contribution in [2.45, 2.75) is 4.90 Å². The normalized spacial score (nSPS) is 11.1. The fraction of sp³-hybridized carbons (Fsp3) is 0.143. The zero-order valence-electron chi connectivity index (χ0n) is 7.40. The van der Waals surface area contributed by atoms with Crippen LogP contribution in [-0.2, 0) is 13.8 Å². The lowest BCUT2D eigenvalue weighted by Gasteiger charge is -2.03. The first kappa shape index (κ1) is 12.2. The number of pyridine rings is 1. The smallest absolute Gasteiger partial charge is 0.358 e. The topological polar surface area (TPSA) is 73.3 Å². The van der Waals surface area contributed by atoms with Gasteiger partial charge in [-0.15, -0.1) is 0 Å². The largest absolute Gasteiger partial charge is 0.464 e. The SMILES string of the molecule is COC(=O)c1nc(Cl)ccc1S(=O)(=O)Cl. The molecule has 0 amide bonds. The van der Waals surface area contributed by atoms with Gasteiger partial charge in [0.15, 0.2) is 5.69 Å². The lowest BCUT2D eigenvalue weighted by molar-refractivity contribution is 0.0589. The van der Waals surface area contributed by atoms with Crippen LogP contribution in [0.2, 0.25) is 5.15 Å². The fourth-order valence-electron chi connectivity index (χ4n) is 0.862. The molecule has 1 rings (SSSR count). The van der Waals surface area contributed by atoms with Crippen molar-refractivity contribution in [3.8, 4) is 0 Å². The van der Waals surface area contributed by atoms with E-state index in [-0.39, 0.29) is 5.15 Å². The van der Waals surface area contributed by atoms with Gasteiger partial charge >= 0.3 is 5.97 Å². The van der Waals surface area contributed by atoms with Gasteiger partial charge in [-0.3, -0.25) is 0 Å². The Morgan fingerprint density at radius 3 is 2.53 bits per heavy atom. The molecule has 0 atom stereocenters. The van der Waals surface area contributed by atoms with Crippen LogP contribution in [0.1, 0.15) is 10.5 Å². The predicted molar refractivity (Wildman–Crippen MR) is 53.6 cm³/mol. The molecule has 0 aliphatic heterocycles. The van der Waals surface area contributed by atoms with Crippen LogP contribution in [0.3, 0.4) is 0 Å². The second kappa shape index (κ2) is 4.34. The molecule has 0 N–H and O–H groups in total. The first-order chi connectivity index (χ1) is 6.86. The Kier molecular flexibility index (Phi) is 3.54. The molecule has 0 aromatic carbocycles. The molecule has 8 heteroatoms. The Morgan fingerprint density at radius 2 is 2.07 bits per heavy atom.